The molecule has 2 aromatic rings. The van der Waals surface area contributed by atoms with E-state index in [9.17, 15) is 22.4 Å². The van der Waals surface area contributed by atoms with Crippen molar-refractivity contribution in [1.82, 2.24) is 4.98 Å². The molecule has 0 aliphatic rings. The van der Waals surface area contributed by atoms with Crippen LogP contribution in [0.25, 0.3) is 10.6 Å². The number of rotatable bonds is 4. The molecule has 0 aliphatic heterocycles. The van der Waals surface area contributed by atoms with E-state index in [-0.39, 0.29) is 15.4 Å². The van der Waals surface area contributed by atoms with Gasteiger partial charge in [-0.1, -0.05) is 0 Å². The Hall–Kier alpha value is -1.96. The third-order valence-corrected chi connectivity index (χ3v) is 3.06. The van der Waals surface area contributed by atoms with Crippen molar-refractivity contribution in [2.45, 2.75) is 6.61 Å². The third kappa shape index (κ3) is 2.90. The number of benzene rings is 1. The molecule has 19 heavy (non-hydrogen) atoms. The number of thiazole rings is 1. The summed E-state index contributed by atoms with van der Waals surface area (Å²) >= 11 is 0.849. The predicted octanol–water partition coefficient (Wildman–Crippen LogP) is 3.50. The summed E-state index contributed by atoms with van der Waals surface area (Å²) in [5.41, 5.74) is -0.141. The van der Waals surface area contributed by atoms with Crippen LogP contribution in [-0.2, 0) is 0 Å². The van der Waals surface area contributed by atoms with E-state index in [4.69, 9.17) is 0 Å². The summed E-state index contributed by atoms with van der Waals surface area (Å²) < 4.78 is 54.7. The first-order valence-corrected chi connectivity index (χ1v) is 5.68. The van der Waals surface area contributed by atoms with Gasteiger partial charge in [0.2, 0.25) is 0 Å². The molecule has 0 bridgehead atoms. The second-order valence-corrected chi connectivity index (χ2v) is 4.39. The summed E-state index contributed by atoms with van der Waals surface area (Å²) in [6.45, 7) is -3.19. The molecule has 0 unspecified atom stereocenters. The van der Waals surface area contributed by atoms with Crippen LogP contribution in [0.3, 0.4) is 0 Å². The maximum Gasteiger partial charge on any atom is 0.387 e. The number of hydrogen-bond donors (Lipinski definition) is 0. The van der Waals surface area contributed by atoms with Crippen molar-refractivity contribution in [3.63, 3.8) is 0 Å². The van der Waals surface area contributed by atoms with E-state index >= 15 is 0 Å². The lowest BCUT2D eigenvalue weighted by Crippen LogP contribution is -2.04. The van der Waals surface area contributed by atoms with Crippen LogP contribution in [0.1, 0.15) is 9.67 Å². The van der Waals surface area contributed by atoms with E-state index in [0.29, 0.717) is 18.4 Å². The second kappa shape index (κ2) is 5.35. The van der Waals surface area contributed by atoms with Gasteiger partial charge in [0.25, 0.3) is 0 Å². The topological polar surface area (TPSA) is 39.2 Å². The summed E-state index contributed by atoms with van der Waals surface area (Å²) in [4.78, 5) is 14.5. The van der Waals surface area contributed by atoms with Crippen molar-refractivity contribution in [1.29, 1.82) is 0 Å². The predicted molar refractivity (Wildman–Crippen MR) is 59.5 cm³/mol. The zero-order valence-electron chi connectivity index (χ0n) is 9.07. The Morgan fingerprint density at radius 1 is 1.26 bits per heavy atom. The minimum absolute atomic E-state index is 0.0802. The SMILES string of the molecule is O=Cc1cnc(-c2cc(F)c(F)cc2OC(F)F)s1. The Morgan fingerprint density at radius 2 is 1.95 bits per heavy atom. The van der Waals surface area contributed by atoms with Gasteiger partial charge in [-0.05, 0) is 6.07 Å². The minimum Gasteiger partial charge on any atom is -0.434 e. The zero-order valence-corrected chi connectivity index (χ0v) is 9.89. The van der Waals surface area contributed by atoms with Crippen LogP contribution in [0.5, 0.6) is 5.75 Å². The van der Waals surface area contributed by atoms with Gasteiger partial charge in [0, 0.05) is 12.3 Å². The summed E-state index contributed by atoms with van der Waals surface area (Å²) in [5, 5.41) is 0.0802. The minimum atomic E-state index is -3.19. The summed E-state index contributed by atoms with van der Waals surface area (Å²) in [7, 11) is 0. The van der Waals surface area contributed by atoms with E-state index in [0.717, 1.165) is 11.3 Å². The molecule has 8 heteroatoms. The molecule has 0 N–H and O–H groups in total. The van der Waals surface area contributed by atoms with Crippen LogP contribution in [0.2, 0.25) is 0 Å². The molecule has 2 rings (SSSR count). The molecule has 0 saturated carbocycles. The maximum atomic E-state index is 13.2. The van der Waals surface area contributed by atoms with Crippen molar-refractivity contribution in [3.05, 3.63) is 34.8 Å². The molecule has 0 aliphatic carbocycles. The van der Waals surface area contributed by atoms with Crippen LogP contribution in [0, 0.1) is 11.6 Å². The first kappa shape index (κ1) is 13.5. The number of hydrogen-bond acceptors (Lipinski definition) is 4. The van der Waals surface area contributed by atoms with Gasteiger partial charge in [0.05, 0.1) is 10.4 Å². The first-order valence-electron chi connectivity index (χ1n) is 4.86. The smallest absolute Gasteiger partial charge is 0.387 e. The summed E-state index contributed by atoms with van der Waals surface area (Å²) in [5.74, 6) is -3.08. The molecule has 0 radical (unpaired) electrons. The summed E-state index contributed by atoms with van der Waals surface area (Å²) in [6.07, 6.45) is 1.70. The van der Waals surface area contributed by atoms with Crippen molar-refractivity contribution < 1.29 is 27.1 Å². The molecule has 3 nitrogen and oxygen atoms in total. The largest absolute Gasteiger partial charge is 0.434 e. The molecule has 1 aromatic carbocycles. The number of carbonyl (C=O) groups is 1. The maximum absolute atomic E-state index is 13.2. The highest BCUT2D eigenvalue weighted by atomic mass is 32.1. The van der Waals surface area contributed by atoms with Crippen LogP contribution >= 0.6 is 11.3 Å². The van der Waals surface area contributed by atoms with Crippen molar-refractivity contribution in [3.8, 4) is 16.3 Å². The Kier molecular flexibility index (Phi) is 3.79. The molecule has 1 aromatic heterocycles. The van der Waals surface area contributed by atoms with Gasteiger partial charge in [-0.25, -0.2) is 13.8 Å². The van der Waals surface area contributed by atoms with Crippen molar-refractivity contribution in [2.24, 2.45) is 0 Å². The first-order chi connectivity index (χ1) is 9.01. The van der Waals surface area contributed by atoms with Crippen LogP contribution in [0.15, 0.2) is 18.3 Å². The fraction of sp³-hybridized carbons (Fsp3) is 0.0909. The molecular weight excluding hydrogens is 286 g/mol. The van der Waals surface area contributed by atoms with Gasteiger partial charge < -0.3 is 4.74 Å². The van der Waals surface area contributed by atoms with E-state index in [2.05, 4.69) is 9.72 Å². The quantitative estimate of drug-likeness (QED) is 0.639. The normalized spacial score (nSPS) is 10.8. The van der Waals surface area contributed by atoms with Crippen LogP contribution < -0.4 is 4.74 Å². The van der Waals surface area contributed by atoms with E-state index in [1.165, 1.54) is 6.20 Å². The standard InChI is InChI=1S/C11H5F4NO2S/c12-7-1-6(10-16-3-5(4-17)19-10)9(2-8(7)13)18-11(14)15/h1-4,11H. The van der Waals surface area contributed by atoms with Gasteiger partial charge in [-0.3, -0.25) is 4.79 Å². The van der Waals surface area contributed by atoms with E-state index in [1.807, 2.05) is 0 Å². The molecular formula is C11H5F4NO2S. The average molecular weight is 291 g/mol. The highest BCUT2D eigenvalue weighted by molar-refractivity contribution is 7.16. The number of aldehydes is 1. The number of aromatic nitrogens is 1. The molecule has 0 atom stereocenters. The lowest BCUT2D eigenvalue weighted by Gasteiger charge is -2.09. The van der Waals surface area contributed by atoms with Crippen molar-refractivity contribution >= 4 is 17.6 Å². The summed E-state index contributed by atoms with van der Waals surface area (Å²) in [6, 6.07) is 1.21. The van der Waals surface area contributed by atoms with Gasteiger partial charge in [0.15, 0.2) is 17.9 Å². The van der Waals surface area contributed by atoms with Gasteiger partial charge >= 0.3 is 6.61 Å². The lowest BCUT2D eigenvalue weighted by molar-refractivity contribution is -0.0496. The highest BCUT2D eigenvalue weighted by Crippen LogP contribution is 2.35. The lowest BCUT2D eigenvalue weighted by atomic mass is 10.2. The number of ether oxygens (including phenoxy) is 1. The number of carbonyl (C=O) groups excluding carboxylic acids is 1. The zero-order chi connectivity index (χ0) is 14.0. The average Bonchev–Trinajstić information content (AvgIpc) is 2.81. The monoisotopic (exact) mass is 291 g/mol. The fourth-order valence-corrected chi connectivity index (χ4v) is 2.11. The molecule has 1 heterocycles. The molecule has 0 amide bonds. The Labute approximate surface area is 108 Å². The fourth-order valence-electron chi connectivity index (χ4n) is 1.35. The van der Waals surface area contributed by atoms with Crippen molar-refractivity contribution in [2.75, 3.05) is 0 Å². The number of nitrogens with zero attached hydrogens (tertiary/aromatic N) is 1. The Morgan fingerprint density at radius 3 is 2.53 bits per heavy atom. The second-order valence-electron chi connectivity index (χ2n) is 3.33. The van der Waals surface area contributed by atoms with E-state index < -0.39 is 24.0 Å². The number of halogens is 4. The van der Waals surface area contributed by atoms with Gasteiger partial charge in [0.1, 0.15) is 10.8 Å². The van der Waals surface area contributed by atoms with Crippen LogP contribution in [-0.4, -0.2) is 17.9 Å². The molecule has 0 spiro atoms. The van der Waals surface area contributed by atoms with Gasteiger partial charge in [-0.2, -0.15) is 8.78 Å². The molecule has 0 fully saturated rings. The highest BCUT2D eigenvalue weighted by Gasteiger charge is 2.18. The Bertz CT molecular complexity index is 615. The van der Waals surface area contributed by atoms with Gasteiger partial charge in [-0.15, -0.1) is 11.3 Å². The van der Waals surface area contributed by atoms with Crippen LogP contribution in [0.4, 0.5) is 17.6 Å². The third-order valence-electron chi connectivity index (χ3n) is 2.11. The molecule has 100 valence electrons. The number of alkyl halides is 2. The molecule has 0 saturated heterocycles. The Balaban J connectivity index is 2.53. The van der Waals surface area contributed by atoms with E-state index in [1.54, 1.807) is 0 Å².